The Morgan fingerprint density at radius 1 is 0.821 bits per heavy atom. The largest absolute Gasteiger partial charge is 0.304 e. The number of nitrogens with zero attached hydrogens (tertiary/aromatic N) is 2. The molecule has 0 unspecified atom stereocenters. The molecule has 1 N–H and O–H groups in total. The van der Waals surface area contributed by atoms with Crippen LogP contribution in [0.2, 0.25) is 5.02 Å². The number of sulfonamides is 2. The minimum Gasteiger partial charge on any atom is -0.304 e. The van der Waals surface area contributed by atoms with E-state index in [0.717, 1.165) is 0 Å². The molecule has 3 rings (SSSR count). The molecule has 0 aromatic heterocycles. The van der Waals surface area contributed by atoms with E-state index in [0.29, 0.717) is 31.2 Å². The summed E-state index contributed by atoms with van der Waals surface area (Å²) < 4.78 is 54.1. The van der Waals surface area contributed by atoms with Crippen molar-refractivity contribution in [1.82, 2.24) is 9.21 Å². The second kappa shape index (κ2) is 8.98. The molecule has 1 aliphatic heterocycles. The zero-order chi connectivity index (χ0) is 19.7. The van der Waals surface area contributed by atoms with Gasteiger partial charge in [0.15, 0.2) is 0 Å². The van der Waals surface area contributed by atoms with Crippen molar-refractivity contribution in [3.05, 3.63) is 53.6 Å². The summed E-state index contributed by atoms with van der Waals surface area (Å²) in [6, 6.07) is 11.5. The first-order valence-electron chi connectivity index (χ1n) is 8.26. The molecule has 0 aliphatic carbocycles. The van der Waals surface area contributed by atoms with Crippen molar-refractivity contribution >= 4 is 49.7 Å². The summed E-state index contributed by atoms with van der Waals surface area (Å²) in [5, 5.41) is 0.437. The number of nitrogens with one attached hydrogen (secondary N) is 1. The minimum atomic E-state index is -3.78. The lowest BCUT2D eigenvalue weighted by atomic mass is 10.3. The molecular weight excluding hydrogens is 445 g/mol. The molecule has 154 valence electrons. The average molecular weight is 466 g/mol. The average Bonchev–Trinajstić information content (AvgIpc) is 2.62. The second-order valence-corrected chi connectivity index (χ2v) is 10.3. The molecule has 2 aromatic rings. The number of piperazine rings is 1. The summed E-state index contributed by atoms with van der Waals surface area (Å²) in [4.78, 5) is 2.28. The molecule has 28 heavy (non-hydrogen) atoms. The third-order valence-electron chi connectivity index (χ3n) is 4.33. The van der Waals surface area contributed by atoms with Gasteiger partial charge in [0.25, 0.3) is 10.0 Å². The van der Waals surface area contributed by atoms with Gasteiger partial charge < -0.3 is 4.90 Å². The van der Waals surface area contributed by atoms with Gasteiger partial charge in [-0.15, -0.1) is 12.4 Å². The molecule has 0 bridgehead atoms. The quantitative estimate of drug-likeness (QED) is 0.732. The zero-order valence-electron chi connectivity index (χ0n) is 15.1. The van der Waals surface area contributed by atoms with Crippen LogP contribution in [0.1, 0.15) is 0 Å². The van der Waals surface area contributed by atoms with Crippen molar-refractivity contribution in [2.45, 2.75) is 9.79 Å². The van der Waals surface area contributed by atoms with Gasteiger partial charge in [-0.3, -0.25) is 4.72 Å². The highest BCUT2D eigenvalue weighted by Crippen LogP contribution is 2.22. The lowest BCUT2D eigenvalue weighted by Gasteiger charge is -2.31. The topological polar surface area (TPSA) is 86.8 Å². The molecule has 7 nitrogen and oxygen atoms in total. The molecule has 1 heterocycles. The van der Waals surface area contributed by atoms with Crippen LogP contribution >= 0.6 is 24.0 Å². The van der Waals surface area contributed by atoms with E-state index in [4.69, 9.17) is 11.6 Å². The van der Waals surface area contributed by atoms with Crippen LogP contribution in [0, 0.1) is 0 Å². The van der Waals surface area contributed by atoms with E-state index in [1.807, 2.05) is 7.05 Å². The summed E-state index contributed by atoms with van der Waals surface area (Å²) in [5.74, 6) is 0. The highest BCUT2D eigenvalue weighted by molar-refractivity contribution is 7.92. The molecule has 1 aliphatic rings. The summed E-state index contributed by atoms with van der Waals surface area (Å²) in [5.41, 5.74) is 0.280. The van der Waals surface area contributed by atoms with Crippen molar-refractivity contribution in [3.8, 4) is 0 Å². The maximum absolute atomic E-state index is 12.7. The van der Waals surface area contributed by atoms with Crippen LogP contribution in [-0.2, 0) is 20.0 Å². The standard InChI is InChI=1S/C17H20ClN3O4S2.ClH/c1-20-10-12-21(13-11-20)27(24,25)17-8-4-15(5-9-17)19-26(22,23)16-6-2-14(18)3-7-16;/h2-9,19H,10-13H2,1H3;1H. The summed E-state index contributed by atoms with van der Waals surface area (Å²) >= 11 is 5.78. The predicted octanol–water partition coefficient (Wildman–Crippen LogP) is 2.50. The van der Waals surface area contributed by atoms with E-state index in [2.05, 4.69) is 9.62 Å². The molecule has 1 fully saturated rings. The van der Waals surface area contributed by atoms with Crippen LogP contribution in [0.5, 0.6) is 0 Å². The Morgan fingerprint density at radius 3 is 1.86 bits per heavy atom. The van der Waals surface area contributed by atoms with Crippen molar-refractivity contribution in [2.24, 2.45) is 0 Å². The van der Waals surface area contributed by atoms with Crippen LogP contribution in [0.25, 0.3) is 0 Å². The van der Waals surface area contributed by atoms with Gasteiger partial charge in [0.05, 0.1) is 9.79 Å². The number of halogens is 2. The van der Waals surface area contributed by atoms with Gasteiger partial charge in [0.2, 0.25) is 10.0 Å². The predicted molar refractivity (Wildman–Crippen MR) is 112 cm³/mol. The highest BCUT2D eigenvalue weighted by atomic mass is 35.5. The monoisotopic (exact) mass is 465 g/mol. The minimum absolute atomic E-state index is 0. The number of likely N-dealkylation sites (N-methyl/N-ethyl adjacent to an activating group) is 1. The van der Waals surface area contributed by atoms with Crippen LogP contribution in [0.3, 0.4) is 0 Å². The molecule has 2 aromatic carbocycles. The number of hydrogen-bond donors (Lipinski definition) is 1. The highest BCUT2D eigenvalue weighted by Gasteiger charge is 2.27. The smallest absolute Gasteiger partial charge is 0.261 e. The van der Waals surface area contributed by atoms with E-state index in [9.17, 15) is 16.8 Å². The molecule has 11 heteroatoms. The second-order valence-electron chi connectivity index (χ2n) is 6.29. The van der Waals surface area contributed by atoms with Gasteiger partial charge in [-0.2, -0.15) is 4.31 Å². The Bertz CT molecular complexity index is 1000. The number of benzene rings is 2. The molecule has 0 atom stereocenters. The molecule has 0 amide bonds. The third kappa shape index (κ3) is 5.16. The Hall–Kier alpha value is -1.36. The fourth-order valence-corrected chi connectivity index (χ4v) is 5.31. The van der Waals surface area contributed by atoms with Crippen molar-refractivity contribution < 1.29 is 16.8 Å². The molecule has 1 saturated heterocycles. The van der Waals surface area contributed by atoms with Crippen molar-refractivity contribution in [3.63, 3.8) is 0 Å². The Kier molecular flexibility index (Phi) is 7.35. The van der Waals surface area contributed by atoms with E-state index in [-0.39, 0.29) is 27.9 Å². The van der Waals surface area contributed by atoms with Gasteiger partial charge in [0.1, 0.15) is 0 Å². The lowest BCUT2D eigenvalue weighted by molar-refractivity contribution is 0.222. The van der Waals surface area contributed by atoms with E-state index >= 15 is 0 Å². The van der Waals surface area contributed by atoms with Crippen LogP contribution < -0.4 is 4.72 Å². The molecule has 0 saturated carbocycles. The normalized spacial score (nSPS) is 16.4. The maximum atomic E-state index is 12.7. The fraction of sp³-hybridized carbons (Fsp3) is 0.294. The van der Waals surface area contributed by atoms with Gasteiger partial charge in [0, 0.05) is 36.9 Å². The Balaban J connectivity index is 0.00000280. The number of rotatable bonds is 5. The fourth-order valence-electron chi connectivity index (χ4n) is 2.70. The van der Waals surface area contributed by atoms with Gasteiger partial charge in [-0.05, 0) is 55.6 Å². The van der Waals surface area contributed by atoms with Gasteiger partial charge in [-0.1, -0.05) is 11.6 Å². The third-order valence-corrected chi connectivity index (χ3v) is 7.89. The summed E-state index contributed by atoms with van der Waals surface area (Å²) in [6.07, 6.45) is 0. The van der Waals surface area contributed by atoms with E-state index < -0.39 is 20.0 Å². The summed E-state index contributed by atoms with van der Waals surface area (Å²) in [6.45, 7) is 2.23. The van der Waals surface area contributed by atoms with Crippen LogP contribution in [0.15, 0.2) is 58.3 Å². The van der Waals surface area contributed by atoms with Gasteiger partial charge in [-0.25, -0.2) is 16.8 Å². The molecular formula is C17H21Cl2N3O4S2. The van der Waals surface area contributed by atoms with Crippen LogP contribution in [0.4, 0.5) is 5.69 Å². The Morgan fingerprint density at radius 2 is 1.32 bits per heavy atom. The molecule has 0 radical (unpaired) electrons. The summed E-state index contributed by atoms with van der Waals surface area (Å²) in [7, 11) is -5.42. The lowest BCUT2D eigenvalue weighted by Crippen LogP contribution is -2.46. The SMILES string of the molecule is CN1CCN(S(=O)(=O)c2ccc(NS(=O)(=O)c3ccc(Cl)cc3)cc2)CC1.Cl. The zero-order valence-corrected chi connectivity index (χ0v) is 18.3. The van der Waals surface area contributed by atoms with Gasteiger partial charge >= 0.3 is 0 Å². The van der Waals surface area contributed by atoms with E-state index in [1.165, 1.54) is 52.8 Å². The van der Waals surface area contributed by atoms with Crippen molar-refractivity contribution in [1.29, 1.82) is 0 Å². The molecule has 0 spiro atoms. The Labute approximate surface area is 176 Å². The first kappa shape index (κ1) is 22.9. The van der Waals surface area contributed by atoms with E-state index in [1.54, 1.807) is 0 Å². The van der Waals surface area contributed by atoms with Crippen molar-refractivity contribution in [2.75, 3.05) is 37.9 Å². The number of hydrogen-bond acceptors (Lipinski definition) is 5. The first-order chi connectivity index (χ1) is 12.7. The maximum Gasteiger partial charge on any atom is 0.261 e. The first-order valence-corrected chi connectivity index (χ1v) is 11.6. The number of anilines is 1. The van der Waals surface area contributed by atoms with Crippen LogP contribution in [-0.4, -0.2) is 59.3 Å².